The molecule has 0 atom stereocenters. The van der Waals surface area contributed by atoms with Crippen molar-refractivity contribution in [2.24, 2.45) is 0 Å². The maximum atomic E-state index is 4.74. The zero-order chi connectivity index (χ0) is 15.2. The van der Waals surface area contributed by atoms with Crippen LogP contribution < -0.4 is 10.2 Å². The van der Waals surface area contributed by atoms with Gasteiger partial charge in [0.2, 0.25) is 0 Å². The van der Waals surface area contributed by atoms with Gasteiger partial charge < -0.3 is 10.2 Å². The lowest BCUT2D eigenvalue weighted by atomic mass is 10.2. The van der Waals surface area contributed by atoms with Crippen molar-refractivity contribution in [3.63, 3.8) is 0 Å². The lowest BCUT2D eigenvalue weighted by Gasteiger charge is -2.37. The fourth-order valence-corrected chi connectivity index (χ4v) is 2.86. The second kappa shape index (κ2) is 7.76. The summed E-state index contributed by atoms with van der Waals surface area (Å²) in [7, 11) is 0. The maximum Gasteiger partial charge on any atom is 0.129 e. The minimum absolute atomic E-state index is 0.645. The first-order valence-corrected chi connectivity index (χ1v) is 8.27. The van der Waals surface area contributed by atoms with Gasteiger partial charge in [0, 0.05) is 44.5 Å². The predicted molar refractivity (Wildman–Crippen MR) is 89.9 cm³/mol. The van der Waals surface area contributed by atoms with Crippen molar-refractivity contribution >= 4 is 5.82 Å². The minimum atomic E-state index is 0.645. The molecule has 21 heavy (non-hydrogen) atoms. The lowest BCUT2D eigenvalue weighted by molar-refractivity contribution is 0.209. The molecule has 2 heterocycles. The molecule has 0 saturated carbocycles. The fourth-order valence-electron chi connectivity index (χ4n) is 2.86. The molecule has 2 rings (SSSR count). The molecule has 0 aliphatic carbocycles. The summed E-state index contributed by atoms with van der Waals surface area (Å²) in [6.45, 7) is 15.3. The third kappa shape index (κ3) is 4.68. The molecule has 1 aliphatic heterocycles. The number of rotatable bonds is 6. The molecule has 1 aromatic heterocycles. The highest BCUT2D eigenvalue weighted by atomic mass is 15.3. The zero-order valence-electron chi connectivity index (χ0n) is 14.0. The highest BCUT2D eigenvalue weighted by Gasteiger charge is 2.20. The van der Waals surface area contributed by atoms with E-state index in [0.29, 0.717) is 6.04 Å². The Balaban J connectivity index is 1.99. The van der Waals surface area contributed by atoms with Crippen LogP contribution in [-0.4, -0.2) is 48.6 Å². The van der Waals surface area contributed by atoms with E-state index in [2.05, 4.69) is 54.9 Å². The van der Waals surface area contributed by atoms with E-state index in [1.54, 1.807) is 0 Å². The van der Waals surface area contributed by atoms with Crippen molar-refractivity contribution in [3.8, 4) is 0 Å². The fraction of sp³-hybridized carbons (Fsp3) is 0.706. The van der Waals surface area contributed by atoms with Crippen molar-refractivity contribution in [2.75, 3.05) is 37.6 Å². The van der Waals surface area contributed by atoms with Crippen LogP contribution in [0, 0.1) is 6.92 Å². The predicted octanol–water partition coefficient (Wildman–Crippen LogP) is 2.42. The molecule has 0 unspecified atom stereocenters. The number of aromatic nitrogens is 1. The molecule has 0 spiro atoms. The van der Waals surface area contributed by atoms with Gasteiger partial charge in [0.25, 0.3) is 0 Å². The third-order valence-corrected chi connectivity index (χ3v) is 4.12. The van der Waals surface area contributed by atoms with Crippen LogP contribution in [-0.2, 0) is 6.54 Å². The Bertz CT molecular complexity index is 436. The number of nitrogens with one attached hydrogen (secondary N) is 1. The molecule has 0 radical (unpaired) electrons. The number of anilines is 1. The Morgan fingerprint density at radius 3 is 2.52 bits per heavy atom. The Hall–Kier alpha value is -1.13. The number of hydrogen-bond donors (Lipinski definition) is 1. The summed E-state index contributed by atoms with van der Waals surface area (Å²) < 4.78 is 0. The lowest BCUT2D eigenvalue weighted by Crippen LogP contribution is -2.49. The van der Waals surface area contributed by atoms with Crippen LogP contribution in [0.5, 0.6) is 0 Å². The normalized spacial score (nSPS) is 16.7. The van der Waals surface area contributed by atoms with Gasteiger partial charge in [-0.3, -0.25) is 4.90 Å². The van der Waals surface area contributed by atoms with Gasteiger partial charge in [0.1, 0.15) is 5.82 Å². The topological polar surface area (TPSA) is 31.4 Å². The summed E-state index contributed by atoms with van der Waals surface area (Å²) in [4.78, 5) is 9.70. The van der Waals surface area contributed by atoms with E-state index >= 15 is 0 Å². The molecule has 1 N–H and O–H groups in total. The number of piperazine rings is 1. The van der Waals surface area contributed by atoms with Crippen molar-refractivity contribution in [1.82, 2.24) is 15.2 Å². The largest absolute Gasteiger partial charge is 0.354 e. The summed E-state index contributed by atoms with van der Waals surface area (Å²) >= 11 is 0. The average Bonchev–Trinajstić information content (AvgIpc) is 2.47. The van der Waals surface area contributed by atoms with Crippen molar-refractivity contribution in [1.29, 1.82) is 0 Å². The maximum absolute atomic E-state index is 4.74. The summed E-state index contributed by atoms with van der Waals surface area (Å²) in [5.41, 5.74) is 2.46. The summed E-state index contributed by atoms with van der Waals surface area (Å²) in [6, 6.07) is 5.09. The number of aryl methyl sites for hydroxylation is 1. The SMILES string of the molecule is CCCNCc1cc(C)nc(N2CCN(C(C)C)CC2)c1. The van der Waals surface area contributed by atoms with Crippen molar-refractivity contribution in [3.05, 3.63) is 23.4 Å². The molecule has 1 fully saturated rings. The molecule has 1 aliphatic rings. The molecule has 1 saturated heterocycles. The number of pyridine rings is 1. The Morgan fingerprint density at radius 1 is 1.19 bits per heavy atom. The van der Waals surface area contributed by atoms with E-state index in [0.717, 1.165) is 50.8 Å². The van der Waals surface area contributed by atoms with Crippen LogP contribution in [0.15, 0.2) is 12.1 Å². The van der Waals surface area contributed by atoms with Gasteiger partial charge in [-0.05, 0) is 51.4 Å². The Kier molecular flexibility index (Phi) is 6.00. The quantitative estimate of drug-likeness (QED) is 0.815. The first-order valence-electron chi connectivity index (χ1n) is 8.27. The Labute approximate surface area is 129 Å². The van der Waals surface area contributed by atoms with E-state index in [9.17, 15) is 0 Å². The Morgan fingerprint density at radius 2 is 1.90 bits per heavy atom. The first kappa shape index (κ1) is 16.2. The van der Waals surface area contributed by atoms with Crippen LogP contribution in [0.1, 0.15) is 38.4 Å². The van der Waals surface area contributed by atoms with E-state index < -0.39 is 0 Å². The van der Waals surface area contributed by atoms with Gasteiger partial charge in [0.15, 0.2) is 0 Å². The van der Waals surface area contributed by atoms with Crippen LogP contribution in [0.4, 0.5) is 5.82 Å². The van der Waals surface area contributed by atoms with Gasteiger partial charge in [-0.1, -0.05) is 6.92 Å². The van der Waals surface area contributed by atoms with Gasteiger partial charge >= 0.3 is 0 Å². The summed E-state index contributed by atoms with van der Waals surface area (Å²) in [6.07, 6.45) is 1.17. The molecule has 4 nitrogen and oxygen atoms in total. The van der Waals surface area contributed by atoms with Crippen LogP contribution in [0.3, 0.4) is 0 Å². The molecule has 1 aromatic rings. The highest BCUT2D eigenvalue weighted by Crippen LogP contribution is 2.18. The van der Waals surface area contributed by atoms with E-state index in [1.807, 2.05) is 0 Å². The van der Waals surface area contributed by atoms with Gasteiger partial charge in [-0.2, -0.15) is 0 Å². The second-order valence-electron chi connectivity index (χ2n) is 6.27. The van der Waals surface area contributed by atoms with Crippen LogP contribution in [0.25, 0.3) is 0 Å². The van der Waals surface area contributed by atoms with Crippen LogP contribution >= 0.6 is 0 Å². The van der Waals surface area contributed by atoms with E-state index in [1.165, 1.54) is 12.0 Å². The first-order chi connectivity index (χ1) is 10.1. The minimum Gasteiger partial charge on any atom is -0.354 e. The molecule has 0 aromatic carbocycles. The zero-order valence-corrected chi connectivity index (χ0v) is 14.0. The molecule has 118 valence electrons. The summed E-state index contributed by atoms with van der Waals surface area (Å²) in [5.74, 6) is 1.15. The van der Waals surface area contributed by atoms with Crippen molar-refractivity contribution < 1.29 is 0 Å². The molecule has 4 heteroatoms. The van der Waals surface area contributed by atoms with Crippen molar-refractivity contribution in [2.45, 2.75) is 46.7 Å². The third-order valence-electron chi connectivity index (χ3n) is 4.12. The monoisotopic (exact) mass is 290 g/mol. The molecule has 0 bridgehead atoms. The molecule has 0 amide bonds. The van der Waals surface area contributed by atoms with Crippen LogP contribution in [0.2, 0.25) is 0 Å². The average molecular weight is 290 g/mol. The molecular formula is C17H30N4. The number of nitrogens with zero attached hydrogens (tertiary/aromatic N) is 3. The smallest absolute Gasteiger partial charge is 0.129 e. The second-order valence-corrected chi connectivity index (χ2v) is 6.27. The molecular weight excluding hydrogens is 260 g/mol. The van der Waals surface area contributed by atoms with Gasteiger partial charge in [-0.15, -0.1) is 0 Å². The standard InChI is InChI=1S/C17H30N4/c1-5-6-18-13-16-11-15(4)19-17(12-16)21-9-7-20(8-10-21)14(2)3/h11-12,14,18H,5-10,13H2,1-4H3. The van der Waals surface area contributed by atoms with E-state index in [4.69, 9.17) is 4.98 Å². The van der Waals surface area contributed by atoms with E-state index in [-0.39, 0.29) is 0 Å². The highest BCUT2D eigenvalue weighted by molar-refractivity contribution is 5.43. The summed E-state index contributed by atoms with van der Waals surface area (Å²) in [5, 5.41) is 3.48. The van der Waals surface area contributed by atoms with Gasteiger partial charge in [0.05, 0.1) is 0 Å². The van der Waals surface area contributed by atoms with Gasteiger partial charge in [-0.25, -0.2) is 4.98 Å². The number of hydrogen-bond acceptors (Lipinski definition) is 4.